The Bertz CT molecular complexity index is 898. The Hall–Kier alpha value is -2.45. The maximum absolute atomic E-state index is 13.4. The first-order valence-corrected chi connectivity index (χ1v) is 9.96. The molecule has 1 atom stereocenters. The van der Waals surface area contributed by atoms with Crippen molar-refractivity contribution >= 4 is 11.8 Å². The molecule has 1 aromatic heterocycles. The lowest BCUT2D eigenvalue weighted by molar-refractivity contribution is -0.890. The van der Waals surface area contributed by atoms with Gasteiger partial charge in [0.1, 0.15) is 23.4 Å². The second-order valence-electron chi connectivity index (χ2n) is 6.60. The standard InChI is InChI=1S/C20H22F2N4OS/c1-14(25(2)3)19-23-24-20(26(19)17-8-4-15(21)5-9-17)28-13-12-27-18-10-6-16(22)7-11-18/h4-11,14H,12-13H2,1-3H3/p+1/t14-/m0/s1. The van der Waals surface area contributed by atoms with Crippen LogP contribution in [-0.2, 0) is 0 Å². The summed E-state index contributed by atoms with van der Waals surface area (Å²) >= 11 is 1.51. The molecular formula is C20H23F2N4OS+. The van der Waals surface area contributed by atoms with E-state index in [9.17, 15) is 8.78 Å². The van der Waals surface area contributed by atoms with Crippen LogP contribution in [0.2, 0.25) is 0 Å². The fourth-order valence-corrected chi connectivity index (χ4v) is 3.35. The highest BCUT2D eigenvalue weighted by Gasteiger charge is 2.23. The molecular weight excluding hydrogens is 382 g/mol. The molecule has 0 saturated heterocycles. The maximum Gasteiger partial charge on any atom is 0.196 e. The Labute approximate surface area is 167 Å². The van der Waals surface area contributed by atoms with Crippen molar-refractivity contribution in [1.29, 1.82) is 0 Å². The van der Waals surface area contributed by atoms with Crippen LogP contribution in [0.1, 0.15) is 18.8 Å². The predicted molar refractivity (Wildman–Crippen MR) is 105 cm³/mol. The van der Waals surface area contributed by atoms with E-state index in [1.54, 1.807) is 24.3 Å². The van der Waals surface area contributed by atoms with Crippen LogP contribution in [0.15, 0.2) is 53.7 Å². The number of hydrogen-bond donors (Lipinski definition) is 1. The van der Waals surface area contributed by atoms with E-state index in [0.29, 0.717) is 18.1 Å². The molecule has 2 aromatic carbocycles. The van der Waals surface area contributed by atoms with Gasteiger partial charge in [-0.05, 0) is 55.5 Å². The summed E-state index contributed by atoms with van der Waals surface area (Å²) in [6.45, 7) is 2.52. The van der Waals surface area contributed by atoms with Crippen molar-refractivity contribution in [3.8, 4) is 11.4 Å². The highest BCUT2D eigenvalue weighted by Crippen LogP contribution is 2.24. The van der Waals surface area contributed by atoms with E-state index < -0.39 is 0 Å². The van der Waals surface area contributed by atoms with Gasteiger partial charge in [0.05, 0.1) is 20.7 Å². The number of halogens is 2. The first-order chi connectivity index (χ1) is 13.5. The van der Waals surface area contributed by atoms with E-state index in [2.05, 4.69) is 31.2 Å². The fourth-order valence-electron chi connectivity index (χ4n) is 2.57. The second kappa shape index (κ2) is 9.16. The van der Waals surface area contributed by atoms with Gasteiger partial charge in [0, 0.05) is 11.4 Å². The fraction of sp³-hybridized carbons (Fsp3) is 0.300. The first kappa shape index (κ1) is 20.3. The third-order valence-electron chi connectivity index (χ3n) is 4.39. The van der Waals surface area contributed by atoms with E-state index in [0.717, 1.165) is 16.7 Å². The molecule has 0 radical (unpaired) electrons. The van der Waals surface area contributed by atoms with Crippen molar-refractivity contribution in [3.05, 3.63) is 66.0 Å². The van der Waals surface area contributed by atoms with Crippen LogP contribution in [0.5, 0.6) is 5.75 Å². The molecule has 0 aliphatic rings. The molecule has 0 bridgehead atoms. The largest absolute Gasteiger partial charge is 0.493 e. The molecule has 148 valence electrons. The molecule has 0 unspecified atom stereocenters. The van der Waals surface area contributed by atoms with Gasteiger partial charge < -0.3 is 9.64 Å². The SMILES string of the molecule is C[C@@H](c1nnc(SCCOc2ccc(F)cc2)n1-c1ccc(F)cc1)[NH+](C)C. The molecule has 0 amide bonds. The number of thioether (sulfide) groups is 1. The molecule has 1 heterocycles. The van der Waals surface area contributed by atoms with Gasteiger partial charge in [-0.1, -0.05) is 11.8 Å². The van der Waals surface area contributed by atoms with Crippen molar-refractivity contribution in [2.45, 2.75) is 18.1 Å². The zero-order valence-electron chi connectivity index (χ0n) is 16.0. The highest BCUT2D eigenvalue weighted by atomic mass is 32.2. The summed E-state index contributed by atoms with van der Waals surface area (Å²) in [6, 6.07) is 12.3. The monoisotopic (exact) mass is 405 g/mol. The zero-order chi connectivity index (χ0) is 20.1. The molecule has 0 spiro atoms. The molecule has 0 aliphatic heterocycles. The van der Waals surface area contributed by atoms with E-state index >= 15 is 0 Å². The topological polar surface area (TPSA) is 44.4 Å². The summed E-state index contributed by atoms with van der Waals surface area (Å²) in [7, 11) is 4.11. The van der Waals surface area contributed by atoms with E-state index in [4.69, 9.17) is 4.74 Å². The predicted octanol–water partition coefficient (Wildman–Crippen LogP) is 2.92. The zero-order valence-corrected chi connectivity index (χ0v) is 16.8. The molecule has 0 aliphatic carbocycles. The van der Waals surface area contributed by atoms with Crippen LogP contribution in [0.3, 0.4) is 0 Å². The van der Waals surface area contributed by atoms with Crippen LogP contribution in [-0.4, -0.2) is 41.2 Å². The minimum atomic E-state index is -0.293. The third-order valence-corrected chi connectivity index (χ3v) is 5.29. The normalized spacial score (nSPS) is 12.4. The first-order valence-electron chi connectivity index (χ1n) is 8.98. The quantitative estimate of drug-likeness (QED) is 0.462. The summed E-state index contributed by atoms with van der Waals surface area (Å²) in [5.74, 6) is 1.49. The number of aromatic nitrogens is 3. The summed E-state index contributed by atoms with van der Waals surface area (Å²) < 4.78 is 33.9. The minimum absolute atomic E-state index is 0.113. The molecule has 3 aromatic rings. The van der Waals surface area contributed by atoms with Crippen LogP contribution in [0.4, 0.5) is 8.78 Å². The van der Waals surface area contributed by atoms with Crippen molar-refractivity contribution < 1.29 is 18.4 Å². The lowest BCUT2D eigenvalue weighted by atomic mass is 10.2. The lowest BCUT2D eigenvalue weighted by Crippen LogP contribution is -3.05. The van der Waals surface area contributed by atoms with Gasteiger partial charge in [-0.3, -0.25) is 4.57 Å². The van der Waals surface area contributed by atoms with E-state index in [1.165, 1.54) is 40.9 Å². The van der Waals surface area contributed by atoms with E-state index in [-0.39, 0.29) is 17.7 Å². The Morgan fingerprint density at radius 1 is 1.00 bits per heavy atom. The van der Waals surface area contributed by atoms with Crippen LogP contribution in [0.25, 0.3) is 5.69 Å². The average molecular weight is 405 g/mol. The maximum atomic E-state index is 13.4. The second-order valence-corrected chi connectivity index (χ2v) is 7.66. The molecule has 8 heteroatoms. The molecule has 3 rings (SSSR count). The summed E-state index contributed by atoms with van der Waals surface area (Å²) in [5.41, 5.74) is 0.816. The van der Waals surface area contributed by atoms with Gasteiger partial charge in [0.25, 0.3) is 0 Å². The number of quaternary nitrogens is 1. The molecule has 0 fully saturated rings. The Morgan fingerprint density at radius 2 is 1.61 bits per heavy atom. The summed E-state index contributed by atoms with van der Waals surface area (Å²) in [5, 5.41) is 9.44. The lowest BCUT2D eigenvalue weighted by Gasteiger charge is -2.18. The summed E-state index contributed by atoms with van der Waals surface area (Å²) in [6.07, 6.45) is 0. The number of nitrogens with zero attached hydrogens (tertiary/aromatic N) is 3. The van der Waals surface area contributed by atoms with Gasteiger partial charge in [0.15, 0.2) is 11.0 Å². The summed E-state index contributed by atoms with van der Waals surface area (Å²) in [4.78, 5) is 1.21. The van der Waals surface area contributed by atoms with Gasteiger partial charge in [-0.2, -0.15) is 0 Å². The van der Waals surface area contributed by atoms with Crippen molar-refractivity contribution in [2.75, 3.05) is 26.5 Å². The van der Waals surface area contributed by atoms with Gasteiger partial charge >= 0.3 is 0 Å². The van der Waals surface area contributed by atoms with Gasteiger partial charge in [-0.25, -0.2) is 8.78 Å². The number of nitrogens with one attached hydrogen (secondary N) is 1. The van der Waals surface area contributed by atoms with Crippen LogP contribution in [0, 0.1) is 11.6 Å². The van der Waals surface area contributed by atoms with Crippen LogP contribution >= 0.6 is 11.8 Å². The molecule has 1 N–H and O–H groups in total. The highest BCUT2D eigenvalue weighted by molar-refractivity contribution is 7.99. The molecule has 5 nitrogen and oxygen atoms in total. The average Bonchev–Trinajstić information content (AvgIpc) is 3.10. The Balaban J connectivity index is 1.74. The molecule has 28 heavy (non-hydrogen) atoms. The van der Waals surface area contributed by atoms with E-state index in [1.807, 2.05) is 4.57 Å². The Morgan fingerprint density at radius 3 is 2.21 bits per heavy atom. The smallest absolute Gasteiger partial charge is 0.196 e. The third kappa shape index (κ3) is 4.88. The molecule has 0 saturated carbocycles. The van der Waals surface area contributed by atoms with Crippen molar-refractivity contribution in [1.82, 2.24) is 14.8 Å². The van der Waals surface area contributed by atoms with Gasteiger partial charge in [0.2, 0.25) is 0 Å². The van der Waals surface area contributed by atoms with Crippen molar-refractivity contribution in [2.24, 2.45) is 0 Å². The number of rotatable bonds is 8. The number of ether oxygens (including phenoxy) is 1. The number of hydrogen-bond acceptors (Lipinski definition) is 4. The van der Waals surface area contributed by atoms with Crippen molar-refractivity contribution in [3.63, 3.8) is 0 Å². The van der Waals surface area contributed by atoms with Gasteiger partial charge in [-0.15, -0.1) is 10.2 Å². The number of benzene rings is 2. The Kier molecular flexibility index (Phi) is 6.64. The minimum Gasteiger partial charge on any atom is -0.493 e. The van der Waals surface area contributed by atoms with Crippen LogP contribution < -0.4 is 9.64 Å².